The minimum Gasteiger partial charge on any atom is -0.382 e. The van der Waals surface area contributed by atoms with Crippen LogP contribution >= 0.6 is 15.9 Å². The van der Waals surface area contributed by atoms with E-state index in [1.807, 2.05) is 0 Å². The number of nitrogens with one attached hydrogen (secondary N) is 1. The second-order valence-electron chi connectivity index (χ2n) is 5.91. The van der Waals surface area contributed by atoms with Crippen molar-refractivity contribution in [3.05, 3.63) is 28.2 Å². The van der Waals surface area contributed by atoms with Gasteiger partial charge in [0.1, 0.15) is 0 Å². The predicted molar refractivity (Wildman–Crippen MR) is 86.8 cm³/mol. The molecule has 1 heterocycles. The van der Waals surface area contributed by atoms with Crippen LogP contribution in [0.5, 0.6) is 0 Å². The van der Waals surface area contributed by atoms with Gasteiger partial charge in [-0.1, -0.05) is 29.8 Å². The number of piperidine rings is 1. The number of halogens is 1. The minimum atomic E-state index is 0.581. The lowest BCUT2D eigenvalue weighted by atomic mass is 9.89. The predicted octanol–water partition coefficient (Wildman–Crippen LogP) is 4.15. The Morgan fingerprint density at radius 2 is 2.11 bits per heavy atom. The number of benzene rings is 1. The Morgan fingerprint density at radius 1 is 1.37 bits per heavy atom. The number of likely N-dealkylation sites (tertiary alicyclic amines) is 1. The Morgan fingerprint density at radius 3 is 2.79 bits per heavy atom. The molecule has 2 rings (SSSR count). The van der Waals surface area contributed by atoms with Crippen LogP contribution in [0.1, 0.15) is 32.8 Å². The molecule has 3 unspecified atom stereocenters. The highest BCUT2D eigenvalue weighted by molar-refractivity contribution is 9.10. The van der Waals surface area contributed by atoms with Crippen LogP contribution in [0.15, 0.2) is 22.7 Å². The Balaban J connectivity index is 2.12. The highest BCUT2D eigenvalue weighted by Gasteiger charge is 2.28. The number of hydrogen-bond acceptors (Lipinski definition) is 2. The second-order valence-corrected chi connectivity index (χ2v) is 6.82. The van der Waals surface area contributed by atoms with E-state index in [1.54, 1.807) is 0 Å². The SMILES string of the molecule is CCc1cc(Br)ccc1NC1CC(C)N(C)CC1C. The second kappa shape index (κ2) is 6.27. The molecule has 0 amide bonds. The van der Waals surface area contributed by atoms with Crippen LogP contribution in [-0.2, 0) is 6.42 Å². The summed E-state index contributed by atoms with van der Waals surface area (Å²) in [6, 6.07) is 7.81. The van der Waals surface area contributed by atoms with Gasteiger partial charge in [-0.2, -0.15) is 0 Å². The van der Waals surface area contributed by atoms with Crippen molar-refractivity contribution in [2.75, 3.05) is 18.9 Å². The Kier molecular flexibility index (Phi) is 4.91. The summed E-state index contributed by atoms with van der Waals surface area (Å²) in [5, 5.41) is 3.78. The van der Waals surface area contributed by atoms with Gasteiger partial charge in [0.05, 0.1) is 0 Å². The first-order valence-electron chi connectivity index (χ1n) is 7.26. The molecule has 19 heavy (non-hydrogen) atoms. The summed E-state index contributed by atoms with van der Waals surface area (Å²) in [6.45, 7) is 8.07. The maximum Gasteiger partial charge on any atom is 0.0375 e. The maximum absolute atomic E-state index is 3.78. The van der Waals surface area contributed by atoms with Gasteiger partial charge in [-0.05, 0) is 56.5 Å². The summed E-state index contributed by atoms with van der Waals surface area (Å²) in [4.78, 5) is 2.46. The van der Waals surface area contributed by atoms with Crippen molar-refractivity contribution in [3.63, 3.8) is 0 Å². The van der Waals surface area contributed by atoms with Gasteiger partial charge < -0.3 is 10.2 Å². The smallest absolute Gasteiger partial charge is 0.0375 e. The van der Waals surface area contributed by atoms with Gasteiger partial charge in [0.2, 0.25) is 0 Å². The zero-order valence-corrected chi connectivity index (χ0v) is 14.0. The van der Waals surface area contributed by atoms with Crippen molar-refractivity contribution >= 4 is 21.6 Å². The third kappa shape index (κ3) is 3.51. The molecule has 1 aromatic carbocycles. The number of anilines is 1. The molecule has 106 valence electrons. The molecule has 0 spiro atoms. The van der Waals surface area contributed by atoms with Gasteiger partial charge >= 0.3 is 0 Å². The Labute approximate surface area is 125 Å². The summed E-state index contributed by atoms with van der Waals surface area (Å²) in [5.41, 5.74) is 2.70. The van der Waals surface area contributed by atoms with E-state index >= 15 is 0 Å². The zero-order chi connectivity index (χ0) is 14.0. The van der Waals surface area contributed by atoms with E-state index in [-0.39, 0.29) is 0 Å². The van der Waals surface area contributed by atoms with Crippen LogP contribution in [0.4, 0.5) is 5.69 Å². The average Bonchev–Trinajstić information content (AvgIpc) is 2.37. The number of aryl methyl sites for hydroxylation is 1. The highest BCUT2D eigenvalue weighted by Crippen LogP contribution is 2.27. The fourth-order valence-corrected chi connectivity index (χ4v) is 3.35. The quantitative estimate of drug-likeness (QED) is 0.898. The molecule has 1 aromatic rings. The van der Waals surface area contributed by atoms with Crippen LogP contribution in [0.2, 0.25) is 0 Å². The molecule has 2 nitrogen and oxygen atoms in total. The van der Waals surface area contributed by atoms with E-state index in [4.69, 9.17) is 0 Å². The third-order valence-corrected chi connectivity index (χ3v) is 4.89. The zero-order valence-electron chi connectivity index (χ0n) is 12.4. The molecular weight excluding hydrogens is 300 g/mol. The number of rotatable bonds is 3. The van der Waals surface area contributed by atoms with Crippen molar-refractivity contribution in [1.82, 2.24) is 4.90 Å². The van der Waals surface area contributed by atoms with Crippen molar-refractivity contribution in [2.45, 2.75) is 45.7 Å². The summed E-state index contributed by atoms with van der Waals surface area (Å²) in [7, 11) is 2.23. The molecule has 1 aliphatic heterocycles. The fourth-order valence-electron chi connectivity index (χ4n) is 2.94. The molecule has 1 saturated heterocycles. The molecule has 1 aliphatic rings. The van der Waals surface area contributed by atoms with Gasteiger partial charge in [-0.3, -0.25) is 0 Å². The number of nitrogens with zero attached hydrogens (tertiary/aromatic N) is 1. The molecule has 0 aliphatic carbocycles. The maximum atomic E-state index is 3.78. The average molecular weight is 325 g/mol. The summed E-state index contributed by atoms with van der Waals surface area (Å²) in [5.74, 6) is 0.689. The summed E-state index contributed by atoms with van der Waals surface area (Å²) < 4.78 is 1.17. The van der Waals surface area contributed by atoms with E-state index in [2.05, 4.69) is 72.2 Å². The first-order valence-corrected chi connectivity index (χ1v) is 8.05. The summed E-state index contributed by atoms with van der Waals surface area (Å²) >= 11 is 3.56. The molecule has 0 saturated carbocycles. The van der Waals surface area contributed by atoms with Crippen LogP contribution in [-0.4, -0.2) is 30.6 Å². The van der Waals surface area contributed by atoms with Crippen LogP contribution in [0.3, 0.4) is 0 Å². The van der Waals surface area contributed by atoms with E-state index in [0.29, 0.717) is 18.0 Å². The molecule has 3 heteroatoms. The van der Waals surface area contributed by atoms with Crippen LogP contribution in [0, 0.1) is 5.92 Å². The fraction of sp³-hybridized carbons (Fsp3) is 0.625. The van der Waals surface area contributed by atoms with Crippen molar-refractivity contribution in [2.24, 2.45) is 5.92 Å². The molecule has 0 bridgehead atoms. The molecule has 0 radical (unpaired) electrons. The summed E-state index contributed by atoms with van der Waals surface area (Å²) in [6.07, 6.45) is 2.29. The normalized spacial score (nSPS) is 28.4. The van der Waals surface area contributed by atoms with Crippen molar-refractivity contribution in [1.29, 1.82) is 0 Å². The largest absolute Gasteiger partial charge is 0.382 e. The lowest BCUT2D eigenvalue weighted by molar-refractivity contribution is 0.145. The van der Waals surface area contributed by atoms with Crippen LogP contribution in [0.25, 0.3) is 0 Å². The standard InChI is InChI=1S/C16H25BrN2/c1-5-13-9-14(17)6-7-15(13)18-16-8-12(3)19(4)10-11(16)2/h6-7,9,11-12,16,18H,5,8,10H2,1-4H3. The van der Waals surface area contributed by atoms with E-state index in [1.165, 1.54) is 28.7 Å². The topological polar surface area (TPSA) is 15.3 Å². The lowest BCUT2D eigenvalue weighted by Gasteiger charge is -2.40. The molecule has 1 fully saturated rings. The van der Waals surface area contributed by atoms with Gasteiger partial charge in [0.15, 0.2) is 0 Å². The monoisotopic (exact) mass is 324 g/mol. The van der Waals surface area contributed by atoms with Gasteiger partial charge in [0.25, 0.3) is 0 Å². The van der Waals surface area contributed by atoms with E-state index in [0.717, 1.165) is 6.42 Å². The molecular formula is C16H25BrN2. The van der Waals surface area contributed by atoms with E-state index < -0.39 is 0 Å². The molecule has 0 aromatic heterocycles. The van der Waals surface area contributed by atoms with E-state index in [9.17, 15) is 0 Å². The molecule has 3 atom stereocenters. The minimum absolute atomic E-state index is 0.581. The third-order valence-electron chi connectivity index (χ3n) is 4.40. The van der Waals surface area contributed by atoms with Crippen molar-refractivity contribution < 1.29 is 0 Å². The molecule has 1 N–H and O–H groups in total. The first kappa shape index (κ1) is 14.9. The number of hydrogen-bond donors (Lipinski definition) is 1. The lowest BCUT2D eigenvalue weighted by Crippen LogP contribution is -2.48. The Bertz CT molecular complexity index is 433. The van der Waals surface area contributed by atoms with Crippen molar-refractivity contribution in [3.8, 4) is 0 Å². The van der Waals surface area contributed by atoms with Gasteiger partial charge in [0, 0.05) is 28.8 Å². The first-order chi connectivity index (χ1) is 9.01. The van der Waals surface area contributed by atoms with Gasteiger partial charge in [-0.15, -0.1) is 0 Å². The van der Waals surface area contributed by atoms with Gasteiger partial charge in [-0.25, -0.2) is 0 Å². The van der Waals surface area contributed by atoms with Crippen LogP contribution < -0.4 is 5.32 Å². The Hall–Kier alpha value is -0.540. The highest BCUT2D eigenvalue weighted by atomic mass is 79.9.